The molecule has 31 heavy (non-hydrogen) atoms. The predicted octanol–water partition coefficient (Wildman–Crippen LogP) is 4.31. The maximum absolute atomic E-state index is 11.4. The van der Waals surface area contributed by atoms with Gasteiger partial charge >= 0.3 is 5.97 Å². The van der Waals surface area contributed by atoms with Gasteiger partial charge in [0.2, 0.25) is 0 Å². The van der Waals surface area contributed by atoms with Crippen LogP contribution in [0.4, 0.5) is 5.82 Å². The lowest BCUT2D eigenvalue weighted by molar-refractivity contribution is 0.0699. The number of fused-ring (bicyclic) bond motifs is 1. The van der Waals surface area contributed by atoms with Crippen LogP contribution in [-0.4, -0.2) is 45.2 Å². The number of aromatic nitrogens is 4. The molecule has 0 saturated carbocycles. The number of nitrogens with two attached hydrogens (primary N) is 1. The number of imidazole rings is 1. The Morgan fingerprint density at radius 1 is 1.06 bits per heavy atom. The summed E-state index contributed by atoms with van der Waals surface area (Å²) in [6.45, 7) is 0. The lowest BCUT2D eigenvalue weighted by atomic mass is 10.00. The van der Waals surface area contributed by atoms with Crippen LogP contribution in [0.15, 0.2) is 43.1 Å². The van der Waals surface area contributed by atoms with Crippen molar-refractivity contribution in [2.24, 2.45) is 0 Å². The van der Waals surface area contributed by atoms with Crippen molar-refractivity contribution in [3.05, 3.63) is 58.7 Å². The molecule has 9 nitrogen and oxygen atoms in total. The van der Waals surface area contributed by atoms with Crippen molar-refractivity contribution in [2.75, 3.05) is 20.0 Å². The molecule has 4 aromatic rings. The minimum absolute atomic E-state index is 0.0361. The van der Waals surface area contributed by atoms with E-state index in [1.54, 1.807) is 18.3 Å². The maximum Gasteiger partial charge on any atom is 0.337 e. The van der Waals surface area contributed by atoms with Gasteiger partial charge in [-0.15, -0.1) is 0 Å². The minimum atomic E-state index is -1.10. The molecule has 0 amide bonds. The molecule has 0 spiro atoms. The first-order valence-electron chi connectivity index (χ1n) is 8.70. The van der Waals surface area contributed by atoms with Gasteiger partial charge in [-0.2, -0.15) is 0 Å². The Kier molecular flexibility index (Phi) is 6.78. The Bertz CT molecular complexity index is 1200. The molecule has 2 aromatic heterocycles. The molecule has 11 heteroatoms. The van der Waals surface area contributed by atoms with E-state index in [0.29, 0.717) is 34.0 Å². The number of carboxylic acids is 1. The van der Waals surface area contributed by atoms with Crippen molar-refractivity contribution in [1.82, 2.24) is 19.9 Å². The summed E-state index contributed by atoms with van der Waals surface area (Å²) < 4.78 is 10.6. The zero-order chi connectivity index (χ0) is 22.5. The number of nitrogens with one attached hydrogen (secondary N) is 1. The number of anilines is 1. The average Bonchev–Trinajstić information content (AvgIpc) is 3.25. The number of nitrogen functional groups attached to an aromatic ring is 1. The van der Waals surface area contributed by atoms with Gasteiger partial charge in [-0.3, -0.25) is 9.97 Å². The van der Waals surface area contributed by atoms with Crippen molar-refractivity contribution in [2.45, 2.75) is 0 Å². The normalized spacial score (nSPS) is 10.3. The van der Waals surface area contributed by atoms with E-state index < -0.39 is 5.97 Å². The Balaban J connectivity index is 0.000000391. The number of nitrogens with zero attached hydrogens (tertiary/aromatic N) is 3. The van der Waals surface area contributed by atoms with E-state index in [4.69, 9.17) is 38.4 Å². The van der Waals surface area contributed by atoms with E-state index in [2.05, 4.69) is 19.9 Å². The average molecular weight is 462 g/mol. The first-order valence-corrected chi connectivity index (χ1v) is 9.45. The van der Waals surface area contributed by atoms with Gasteiger partial charge < -0.3 is 25.3 Å². The van der Waals surface area contributed by atoms with Gasteiger partial charge in [-0.1, -0.05) is 29.3 Å². The van der Waals surface area contributed by atoms with E-state index in [-0.39, 0.29) is 21.1 Å². The number of rotatable bonds is 4. The lowest BCUT2D eigenvalue weighted by Crippen LogP contribution is -2.01. The summed E-state index contributed by atoms with van der Waals surface area (Å²) in [6.07, 6.45) is 5.99. The highest BCUT2D eigenvalue weighted by molar-refractivity contribution is 6.41. The van der Waals surface area contributed by atoms with Crippen LogP contribution in [0, 0.1) is 0 Å². The molecule has 160 valence electrons. The van der Waals surface area contributed by atoms with Crippen molar-refractivity contribution in [3.8, 4) is 22.6 Å². The highest BCUT2D eigenvalue weighted by Crippen LogP contribution is 2.47. The number of H-pyrrole nitrogens is 1. The second kappa shape index (κ2) is 9.50. The third kappa shape index (κ3) is 4.47. The first kappa shape index (κ1) is 22.1. The number of aromatic amines is 1. The molecule has 0 aliphatic carbocycles. The second-order valence-corrected chi connectivity index (χ2v) is 6.77. The van der Waals surface area contributed by atoms with Crippen LogP contribution in [-0.2, 0) is 0 Å². The first-order chi connectivity index (χ1) is 14.9. The molecule has 2 aromatic carbocycles. The number of carboxylic acid groups (broad SMARTS) is 1. The maximum atomic E-state index is 11.4. The van der Waals surface area contributed by atoms with Gasteiger partial charge in [0, 0.05) is 29.6 Å². The number of ether oxygens (including phenoxy) is 2. The predicted molar refractivity (Wildman–Crippen MR) is 118 cm³/mol. The zero-order valence-corrected chi connectivity index (χ0v) is 17.9. The summed E-state index contributed by atoms with van der Waals surface area (Å²) in [7, 11) is 2.95. The second-order valence-electron chi connectivity index (χ2n) is 6.01. The number of methoxy groups -OCH3 is 2. The Hall–Kier alpha value is -3.56. The molecule has 4 N–H and O–H groups in total. The third-order valence-electron chi connectivity index (χ3n) is 4.22. The number of aromatic carboxylic acids is 1. The molecule has 0 aliphatic heterocycles. The third-order valence-corrected chi connectivity index (χ3v) is 4.97. The summed E-state index contributed by atoms with van der Waals surface area (Å²) >= 11 is 12.9. The van der Waals surface area contributed by atoms with Crippen LogP contribution in [0.1, 0.15) is 10.4 Å². The summed E-state index contributed by atoms with van der Waals surface area (Å²) in [5.41, 5.74) is 6.76. The molecule has 0 atom stereocenters. The van der Waals surface area contributed by atoms with Crippen molar-refractivity contribution in [1.29, 1.82) is 0 Å². The largest absolute Gasteiger partial charge is 0.495 e. The van der Waals surface area contributed by atoms with Crippen molar-refractivity contribution in [3.63, 3.8) is 0 Å². The van der Waals surface area contributed by atoms with Crippen molar-refractivity contribution >= 4 is 46.0 Å². The number of hydrogen-bond donors (Lipinski definition) is 3. The quantitative estimate of drug-likeness (QED) is 0.408. The smallest absolute Gasteiger partial charge is 0.337 e. The molecule has 0 bridgehead atoms. The number of carbonyl (C=O) groups is 1. The fourth-order valence-electron chi connectivity index (χ4n) is 2.82. The molecule has 0 unspecified atom stereocenters. The van der Waals surface area contributed by atoms with Gasteiger partial charge in [0.15, 0.2) is 0 Å². The number of hydrogen-bond acceptors (Lipinski definition) is 7. The van der Waals surface area contributed by atoms with Gasteiger partial charge in [0.05, 0.1) is 47.9 Å². The van der Waals surface area contributed by atoms with Crippen LogP contribution in [0.25, 0.3) is 22.2 Å². The lowest BCUT2D eigenvalue weighted by Gasteiger charge is -2.16. The topological polar surface area (TPSA) is 136 Å². The molecular formula is C20H17Cl2N5O4. The fourth-order valence-corrected chi connectivity index (χ4v) is 3.52. The molecule has 0 aliphatic rings. The number of halogens is 2. The van der Waals surface area contributed by atoms with Gasteiger partial charge in [0.25, 0.3) is 0 Å². The van der Waals surface area contributed by atoms with E-state index in [1.807, 2.05) is 0 Å². The van der Waals surface area contributed by atoms with Crippen LogP contribution >= 0.6 is 23.2 Å². The molecular weight excluding hydrogens is 445 g/mol. The van der Waals surface area contributed by atoms with Crippen LogP contribution < -0.4 is 15.2 Å². The van der Waals surface area contributed by atoms with Gasteiger partial charge in [0.1, 0.15) is 22.8 Å². The molecule has 0 fully saturated rings. The number of benzene rings is 2. The highest BCUT2D eigenvalue weighted by Gasteiger charge is 2.22. The minimum Gasteiger partial charge on any atom is -0.495 e. The summed E-state index contributed by atoms with van der Waals surface area (Å²) in [4.78, 5) is 26.2. The fraction of sp³-hybridized carbons (Fsp3) is 0.100. The highest BCUT2D eigenvalue weighted by atomic mass is 35.5. The Morgan fingerprint density at radius 2 is 1.68 bits per heavy atom. The zero-order valence-electron chi connectivity index (χ0n) is 16.4. The summed E-state index contributed by atoms with van der Waals surface area (Å²) in [5, 5.41) is 9.89. The van der Waals surface area contributed by atoms with Gasteiger partial charge in [-0.05, 0) is 6.07 Å². The molecule has 0 radical (unpaired) electrons. The van der Waals surface area contributed by atoms with Crippen LogP contribution in [0.2, 0.25) is 10.0 Å². The Morgan fingerprint density at radius 3 is 2.13 bits per heavy atom. The van der Waals surface area contributed by atoms with E-state index >= 15 is 0 Å². The molecule has 0 saturated heterocycles. The molecule has 2 heterocycles. The van der Waals surface area contributed by atoms with E-state index in [0.717, 1.165) is 0 Å². The van der Waals surface area contributed by atoms with Crippen LogP contribution in [0.5, 0.6) is 11.5 Å². The van der Waals surface area contributed by atoms with Crippen molar-refractivity contribution < 1.29 is 19.4 Å². The van der Waals surface area contributed by atoms with E-state index in [1.165, 1.54) is 39.0 Å². The summed E-state index contributed by atoms with van der Waals surface area (Å²) in [6, 6.07) is 4.60. The van der Waals surface area contributed by atoms with Gasteiger partial charge in [-0.25, -0.2) is 9.78 Å². The SMILES string of the molecule is COc1cc(OC)c(Cl)c(-c2ccc(C(=O)O)c3nccnc23)c1Cl.Nc1cnc[nH]1. The summed E-state index contributed by atoms with van der Waals surface area (Å²) in [5.74, 6) is 0.252. The Labute approximate surface area is 186 Å². The standard InChI is InChI=1S/C17H12Cl2N2O4.C3H5N3/c1-24-10-7-11(25-2)14(19)12(13(10)18)8-3-4-9(17(22)23)16-15(8)20-5-6-21-16;4-3-1-5-2-6-3/h3-7H,1-2H3,(H,22,23);1-2H,4H2,(H,5,6). The monoisotopic (exact) mass is 461 g/mol. The van der Waals surface area contributed by atoms with E-state index in [9.17, 15) is 9.90 Å². The molecule has 4 rings (SSSR count). The van der Waals surface area contributed by atoms with Crippen LogP contribution in [0.3, 0.4) is 0 Å².